The Hall–Kier alpha value is -2.56. The van der Waals surface area contributed by atoms with E-state index in [1.165, 1.54) is 34.8 Å². The van der Waals surface area contributed by atoms with Crippen LogP contribution in [0.4, 0.5) is 0 Å². The Morgan fingerprint density at radius 1 is 1.06 bits per heavy atom. The number of carboxylic acids is 1. The number of hydrazone groups is 1. The first-order chi connectivity index (χ1) is 15.3. The number of rotatable bonds is 8. The van der Waals surface area contributed by atoms with Crippen molar-refractivity contribution in [3.63, 3.8) is 0 Å². The summed E-state index contributed by atoms with van der Waals surface area (Å²) in [7, 11) is -3.86. The Morgan fingerprint density at radius 3 is 2.28 bits per heavy atom. The zero-order valence-corrected chi connectivity index (χ0v) is 19.7. The van der Waals surface area contributed by atoms with Gasteiger partial charge in [-0.2, -0.15) is 9.41 Å². The predicted molar refractivity (Wildman–Crippen MR) is 124 cm³/mol. The molecular formula is C22H24BrN3O5S. The standard InChI is InChI=1S/C22H24BrN3O5S/c23-18-10-12-20(13-11-18)32(30,31)26(19-4-2-1-3-5-19)15-21(27)25-24-14-16-6-8-17(9-7-16)22(28)29/h6-14,19H,1-5,15H2,(H,25,27)(H,28,29)/b24-14-. The van der Waals surface area contributed by atoms with Crippen LogP contribution in [-0.2, 0) is 14.8 Å². The predicted octanol–water partition coefficient (Wildman–Crippen LogP) is 3.62. The number of benzene rings is 2. The number of halogens is 1. The number of amides is 1. The minimum atomic E-state index is -3.86. The number of carbonyl (C=O) groups excluding carboxylic acids is 1. The maximum atomic E-state index is 13.3. The summed E-state index contributed by atoms with van der Waals surface area (Å²) in [4.78, 5) is 23.6. The third-order valence-corrected chi connectivity index (χ3v) is 7.70. The van der Waals surface area contributed by atoms with Gasteiger partial charge in [-0.15, -0.1) is 0 Å². The van der Waals surface area contributed by atoms with Gasteiger partial charge in [-0.25, -0.2) is 18.6 Å². The van der Waals surface area contributed by atoms with E-state index in [0.717, 1.165) is 23.7 Å². The van der Waals surface area contributed by atoms with E-state index in [9.17, 15) is 18.0 Å². The van der Waals surface area contributed by atoms with E-state index in [4.69, 9.17) is 5.11 Å². The lowest BCUT2D eigenvalue weighted by molar-refractivity contribution is -0.121. The smallest absolute Gasteiger partial charge is 0.335 e. The fourth-order valence-electron chi connectivity index (χ4n) is 3.59. The van der Waals surface area contributed by atoms with Gasteiger partial charge in [-0.05, 0) is 54.8 Å². The van der Waals surface area contributed by atoms with Crippen LogP contribution in [0.5, 0.6) is 0 Å². The maximum Gasteiger partial charge on any atom is 0.335 e. The number of nitrogens with zero attached hydrogens (tertiary/aromatic N) is 2. The van der Waals surface area contributed by atoms with E-state index < -0.39 is 21.9 Å². The fraction of sp³-hybridized carbons (Fsp3) is 0.318. The number of carboxylic acid groups (broad SMARTS) is 1. The number of hydrogen-bond acceptors (Lipinski definition) is 5. The summed E-state index contributed by atoms with van der Waals surface area (Å²) >= 11 is 3.31. The molecule has 0 bridgehead atoms. The van der Waals surface area contributed by atoms with Gasteiger partial charge in [-0.3, -0.25) is 4.79 Å². The molecule has 0 atom stereocenters. The topological polar surface area (TPSA) is 116 Å². The Kier molecular flexibility index (Phi) is 8.16. The van der Waals surface area contributed by atoms with Gasteiger partial charge in [0.1, 0.15) is 0 Å². The Balaban J connectivity index is 1.72. The quantitative estimate of drug-likeness (QED) is 0.406. The SMILES string of the molecule is O=C(CN(C1CCCCC1)S(=O)(=O)c1ccc(Br)cc1)N/N=C\c1ccc(C(=O)O)cc1. The van der Waals surface area contributed by atoms with Crippen LogP contribution in [0.25, 0.3) is 0 Å². The summed E-state index contributed by atoms with van der Waals surface area (Å²) in [6.45, 7) is -0.335. The molecule has 0 radical (unpaired) electrons. The molecule has 1 aliphatic rings. The molecule has 1 fully saturated rings. The highest BCUT2D eigenvalue weighted by atomic mass is 79.9. The molecule has 0 heterocycles. The molecular weight excluding hydrogens is 498 g/mol. The zero-order valence-electron chi connectivity index (χ0n) is 17.3. The highest BCUT2D eigenvalue weighted by Gasteiger charge is 2.33. The van der Waals surface area contributed by atoms with Gasteiger partial charge in [0, 0.05) is 10.5 Å². The Labute approximate surface area is 195 Å². The second-order valence-electron chi connectivity index (χ2n) is 7.52. The van der Waals surface area contributed by atoms with Gasteiger partial charge in [0.2, 0.25) is 10.0 Å². The van der Waals surface area contributed by atoms with Crippen molar-refractivity contribution in [2.45, 2.75) is 43.0 Å². The molecule has 0 aliphatic heterocycles. The molecule has 0 unspecified atom stereocenters. The van der Waals surface area contributed by atoms with Crippen molar-refractivity contribution in [3.05, 3.63) is 64.1 Å². The van der Waals surface area contributed by atoms with Gasteiger partial charge in [0.05, 0.1) is 23.2 Å². The van der Waals surface area contributed by atoms with Crippen molar-refractivity contribution in [1.29, 1.82) is 0 Å². The number of carbonyl (C=O) groups is 2. The summed E-state index contributed by atoms with van der Waals surface area (Å²) in [5, 5.41) is 12.8. The van der Waals surface area contributed by atoms with Crippen LogP contribution in [0, 0.1) is 0 Å². The van der Waals surface area contributed by atoms with Crippen molar-refractivity contribution in [2.75, 3.05) is 6.54 Å². The number of nitrogens with one attached hydrogen (secondary N) is 1. The lowest BCUT2D eigenvalue weighted by Crippen LogP contribution is -2.46. The lowest BCUT2D eigenvalue weighted by atomic mass is 9.95. The van der Waals surface area contributed by atoms with Gasteiger partial charge in [0.15, 0.2) is 0 Å². The van der Waals surface area contributed by atoms with E-state index >= 15 is 0 Å². The van der Waals surface area contributed by atoms with Crippen molar-refractivity contribution in [3.8, 4) is 0 Å². The largest absolute Gasteiger partial charge is 0.478 e. The second kappa shape index (κ2) is 10.8. The van der Waals surface area contributed by atoms with Crippen LogP contribution in [0.2, 0.25) is 0 Å². The molecule has 170 valence electrons. The molecule has 32 heavy (non-hydrogen) atoms. The van der Waals surface area contributed by atoms with Crippen LogP contribution < -0.4 is 5.43 Å². The minimum absolute atomic E-state index is 0.140. The number of hydrogen-bond donors (Lipinski definition) is 2. The van der Waals surface area contributed by atoms with Crippen LogP contribution in [0.15, 0.2) is 63.0 Å². The Morgan fingerprint density at radius 2 is 1.69 bits per heavy atom. The molecule has 1 amide bonds. The van der Waals surface area contributed by atoms with Gasteiger partial charge >= 0.3 is 5.97 Å². The molecule has 8 nitrogen and oxygen atoms in total. The first kappa shape index (κ1) is 24.1. The fourth-order valence-corrected chi connectivity index (χ4v) is 5.49. The van der Waals surface area contributed by atoms with E-state index in [1.807, 2.05) is 0 Å². The third-order valence-electron chi connectivity index (χ3n) is 5.26. The monoisotopic (exact) mass is 521 g/mol. The molecule has 0 aromatic heterocycles. The van der Waals surface area contributed by atoms with Gasteiger partial charge in [0.25, 0.3) is 5.91 Å². The zero-order chi connectivity index (χ0) is 23.1. The summed E-state index contributed by atoms with van der Waals surface area (Å²) in [5.74, 6) is -1.58. The molecule has 3 rings (SSSR count). The molecule has 0 saturated heterocycles. The number of sulfonamides is 1. The van der Waals surface area contributed by atoms with E-state index in [1.54, 1.807) is 24.3 Å². The average Bonchev–Trinajstić information content (AvgIpc) is 2.78. The van der Waals surface area contributed by atoms with E-state index in [2.05, 4.69) is 26.5 Å². The first-order valence-corrected chi connectivity index (χ1v) is 12.4. The second-order valence-corrected chi connectivity index (χ2v) is 10.3. The summed E-state index contributed by atoms with van der Waals surface area (Å²) in [6, 6.07) is 12.1. The average molecular weight is 522 g/mol. The molecule has 1 saturated carbocycles. The molecule has 10 heteroatoms. The first-order valence-electron chi connectivity index (χ1n) is 10.2. The van der Waals surface area contributed by atoms with E-state index in [-0.39, 0.29) is 23.0 Å². The summed E-state index contributed by atoms with van der Waals surface area (Å²) in [5.41, 5.74) is 3.12. The van der Waals surface area contributed by atoms with Crippen molar-refractivity contribution in [1.82, 2.24) is 9.73 Å². The minimum Gasteiger partial charge on any atom is -0.478 e. The summed E-state index contributed by atoms with van der Waals surface area (Å²) < 4.78 is 28.7. The highest BCUT2D eigenvalue weighted by molar-refractivity contribution is 9.10. The van der Waals surface area contributed by atoms with Crippen LogP contribution in [0.3, 0.4) is 0 Å². The normalized spacial score (nSPS) is 15.2. The summed E-state index contributed by atoms with van der Waals surface area (Å²) in [6.07, 6.45) is 5.69. The van der Waals surface area contributed by atoms with Crippen LogP contribution in [-0.4, -0.2) is 48.5 Å². The molecule has 2 N–H and O–H groups in total. The molecule has 2 aromatic rings. The van der Waals surface area contributed by atoms with Gasteiger partial charge < -0.3 is 5.11 Å². The van der Waals surface area contributed by atoms with E-state index in [0.29, 0.717) is 18.4 Å². The maximum absolute atomic E-state index is 13.3. The third kappa shape index (κ3) is 6.24. The van der Waals surface area contributed by atoms with Crippen LogP contribution >= 0.6 is 15.9 Å². The van der Waals surface area contributed by atoms with Crippen molar-refractivity contribution >= 4 is 44.0 Å². The van der Waals surface area contributed by atoms with Gasteiger partial charge in [-0.1, -0.05) is 47.3 Å². The van der Waals surface area contributed by atoms with Crippen LogP contribution in [0.1, 0.15) is 48.0 Å². The molecule has 1 aliphatic carbocycles. The molecule has 2 aromatic carbocycles. The highest BCUT2D eigenvalue weighted by Crippen LogP contribution is 2.28. The molecule has 0 spiro atoms. The number of aromatic carboxylic acids is 1. The van der Waals surface area contributed by atoms with Crippen molar-refractivity contribution < 1.29 is 23.1 Å². The lowest BCUT2D eigenvalue weighted by Gasteiger charge is -2.32. The van der Waals surface area contributed by atoms with Crippen molar-refractivity contribution in [2.24, 2.45) is 5.10 Å². The Bertz CT molecular complexity index is 1080.